The van der Waals surface area contributed by atoms with E-state index in [4.69, 9.17) is 10.7 Å². The summed E-state index contributed by atoms with van der Waals surface area (Å²) < 4.78 is 2.41. The Morgan fingerprint density at radius 3 is 3.00 bits per heavy atom. The first-order valence-corrected chi connectivity index (χ1v) is 6.42. The molecule has 0 bridgehead atoms. The second kappa shape index (κ2) is 3.33. The molecular weight excluding hydrogens is 198 g/mol. The molecule has 2 heterocycles. The molecule has 16 heavy (non-hydrogen) atoms. The summed E-state index contributed by atoms with van der Waals surface area (Å²) in [5, 5.41) is 0. The van der Waals surface area contributed by atoms with E-state index >= 15 is 0 Å². The molecule has 2 aliphatic rings. The van der Waals surface area contributed by atoms with Crippen molar-refractivity contribution in [2.45, 2.75) is 64.0 Å². The Hall–Kier alpha value is -0.830. The maximum absolute atomic E-state index is 6.06. The highest BCUT2D eigenvalue weighted by molar-refractivity contribution is 5.28. The third-order valence-corrected chi connectivity index (χ3v) is 4.16. The van der Waals surface area contributed by atoms with Gasteiger partial charge in [0.15, 0.2) is 0 Å². The highest BCUT2D eigenvalue weighted by Gasteiger charge is 2.34. The van der Waals surface area contributed by atoms with Crippen molar-refractivity contribution in [2.24, 2.45) is 5.73 Å². The van der Waals surface area contributed by atoms with Gasteiger partial charge >= 0.3 is 0 Å². The summed E-state index contributed by atoms with van der Waals surface area (Å²) in [6, 6.07) is 0.329. The monoisotopic (exact) mass is 219 g/mol. The maximum atomic E-state index is 6.06. The first-order valence-electron chi connectivity index (χ1n) is 6.42. The molecule has 0 amide bonds. The SMILES string of the molecule is CC1(C)CCCc2c1nc1n2CC(N)CC1. The lowest BCUT2D eigenvalue weighted by molar-refractivity contribution is 0.403. The average Bonchev–Trinajstić information content (AvgIpc) is 2.58. The minimum Gasteiger partial charge on any atom is -0.330 e. The normalized spacial score (nSPS) is 27.3. The van der Waals surface area contributed by atoms with Gasteiger partial charge in [-0.2, -0.15) is 0 Å². The van der Waals surface area contributed by atoms with Crippen molar-refractivity contribution in [3.63, 3.8) is 0 Å². The Labute approximate surface area is 97.0 Å². The van der Waals surface area contributed by atoms with Crippen molar-refractivity contribution in [3.8, 4) is 0 Å². The molecular formula is C13H21N3. The van der Waals surface area contributed by atoms with Gasteiger partial charge in [0.25, 0.3) is 0 Å². The summed E-state index contributed by atoms with van der Waals surface area (Å²) in [7, 11) is 0. The molecule has 0 radical (unpaired) electrons. The lowest BCUT2D eigenvalue weighted by Crippen LogP contribution is -2.33. The molecule has 3 nitrogen and oxygen atoms in total. The number of rotatable bonds is 0. The van der Waals surface area contributed by atoms with Crippen molar-refractivity contribution in [3.05, 3.63) is 17.2 Å². The predicted octanol–water partition coefficient (Wildman–Crippen LogP) is 1.77. The van der Waals surface area contributed by atoms with Crippen molar-refractivity contribution in [1.29, 1.82) is 0 Å². The number of aryl methyl sites for hydroxylation is 1. The fourth-order valence-corrected chi connectivity index (χ4v) is 3.20. The number of aromatic nitrogens is 2. The summed E-state index contributed by atoms with van der Waals surface area (Å²) in [4.78, 5) is 4.89. The van der Waals surface area contributed by atoms with Crippen LogP contribution in [0.1, 0.15) is 50.3 Å². The number of fused-ring (bicyclic) bond motifs is 3. The zero-order chi connectivity index (χ0) is 11.3. The molecule has 0 spiro atoms. The van der Waals surface area contributed by atoms with E-state index in [1.807, 2.05) is 0 Å². The Bertz CT molecular complexity index is 417. The van der Waals surface area contributed by atoms with Crippen molar-refractivity contribution < 1.29 is 0 Å². The lowest BCUT2D eigenvalue weighted by atomic mass is 9.78. The van der Waals surface area contributed by atoms with Crippen LogP contribution in [0.5, 0.6) is 0 Å². The van der Waals surface area contributed by atoms with Crippen molar-refractivity contribution >= 4 is 0 Å². The van der Waals surface area contributed by atoms with Gasteiger partial charge in [0.2, 0.25) is 0 Å². The largest absolute Gasteiger partial charge is 0.330 e. The van der Waals surface area contributed by atoms with E-state index in [0.29, 0.717) is 6.04 Å². The first kappa shape index (κ1) is 10.3. The van der Waals surface area contributed by atoms with Gasteiger partial charge in [-0.15, -0.1) is 0 Å². The summed E-state index contributed by atoms with van der Waals surface area (Å²) in [5.74, 6) is 1.28. The standard InChI is InChI=1S/C13H21N3/c1-13(2)7-3-4-10-12(13)15-11-6-5-9(14)8-16(10)11/h9H,3-8,14H2,1-2H3. The zero-order valence-electron chi connectivity index (χ0n) is 10.3. The molecule has 0 saturated heterocycles. The van der Waals surface area contributed by atoms with Gasteiger partial charge in [0.05, 0.1) is 5.69 Å². The quantitative estimate of drug-likeness (QED) is 0.722. The van der Waals surface area contributed by atoms with E-state index in [0.717, 1.165) is 19.4 Å². The second-order valence-electron chi connectivity index (χ2n) is 5.97. The fourth-order valence-electron chi connectivity index (χ4n) is 3.20. The Morgan fingerprint density at radius 2 is 2.19 bits per heavy atom. The summed E-state index contributed by atoms with van der Waals surface area (Å²) in [6.45, 7) is 5.63. The predicted molar refractivity (Wildman–Crippen MR) is 64.5 cm³/mol. The minimum atomic E-state index is 0.266. The van der Waals surface area contributed by atoms with Crippen LogP contribution in [0.15, 0.2) is 0 Å². The fraction of sp³-hybridized carbons (Fsp3) is 0.769. The van der Waals surface area contributed by atoms with Crippen LogP contribution in [0.25, 0.3) is 0 Å². The number of nitrogens with two attached hydrogens (primary N) is 1. The lowest BCUT2D eigenvalue weighted by Gasteiger charge is -2.30. The molecule has 3 rings (SSSR count). The van der Waals surface area contributed by atoms with Crippen LogP contribution >= 0.6 is 0 Å². The molecule has 1 unspecified atom stereocenters. The molecule has 0 aromatic carbocycles. The molecule has 3 heteroatoms. The third-order valence-electron chi connectivity index (χ3n) is 4.16. The van der Waals surface area contributed by atoms with E-state index in [9.17, 15) is 0 Å². The molecule has 88 valence electrons. The molecule has 0 saturated carbocycles. The maximum Gasteiger partial charge on any atom is 0.109 e. The molecule has 2 N–H and O–H groups in total. The topological polar surface area (TPSA) is 43.8 Å². The minimum absolute atomic E-state index is 0.266. The number of imidazole rings is 1. The Balaban J connectivity index is 2.11. The molecule has 1 aromatic heterocycles. The number of hydrogen-bond acceptors (Lipinski definition) is 2. The Morgan fingerprint density at radius 1 is 1.38 bits per heavy atom. The van der Waals surface area contributed by atoms with E-state index in [-0.39, 0.29) is 5.41 Å². The second-order valence-corrected chi connectivity index (χ2v) is 5.97. The molecule has 1 aliphatic carbocycles. The van der Waals surface area contributed by atoms with Crippen LogP contribution in [-0.4, -0.2) is 15.6 Å². The van der Waals surface area contributed by atoms with Gasteiger partial charge in [0, 0.05) is 30.1 Å². The summed E-state index contributed by atoms with van der Waals surface area (Å²) in [5.41, 5.74) is 9.15. The van der Waals surface area contributed by atoms with E-state index in [2.05, 4.69) is 18.4 Å². The highest BCUT2D eigenvalue weighted by Crippen LogP contribution is 2.37. The van der Waals surface area contributed by atoms with Gasteiger partial charge in [-0.3, -0.25) is 0 Å². The van der Waals surface area contributed by atoms with Crippen LogP contribution in [-0.2, 0) is 24.8 Å². The van der Waals surface area contributed by atoms with Gasteiger partial charge in [-0.25, -0.2) is 4.98 Å². The van der Waals surface area contributed by atoms with Crippen LogP contribution in [0.3, 0.4) is 0 Å². The molecule has 0 fully saturated rings. The molecule has 1 aliphatic heterocycles. The van der Waals surface area contributed by atoms with Crippen molar-refractivity contribution in [1.82, 2.24) is 9.55 Å². The van der Waals surface area contributed by atoms with E-state index < -0.39 is 0 Å². The van der Waals surface area contributed by atoms with Gasteiger partial charge in [-0.1, -0.05) is 13.8 Å². The summed E-state index contributed by atoms with van der Waals surface area (Å²) >= 11 is 0. The zero-order valence-corrected chi connectivity index (χ0v) is 10.3. The molecule has 1 aromatic rings. The van der Waals surface area contributed by atoms with Gasteiger partial charge in [-0.05, 0) is 25.7 Å². The number of hydrogen-bond donors (Lipinski definition) is 1. The first-order chi connectivity index (χ1) is 7.58. The molecule has 1 atom stereocenters. The van der Waals surface area contributed by atoms with Crippen LogP contribution in [0.4, 0.5) is 0 Å². The Kier molecular flexibility index (Phi) is 2.15. The van der Waals surface area contributed by atoms with E-state index in [1.54, 1.807) is 0 Å². The van der Waals surface area contributed by atoms with Gasteiger partial charge in [0.1, 0.15) is 5.82 Å². The van der Waals surface area contributed by atoms with Crippen LogP contribution in [0.2, 0.25) is 0 Å². The van der Waals surface area contributed by atoms with Crippen molar-refractivity contribution in [2.75, 3.05) is 0 Å². The average molecular weight is 219 g/mol. The van der Waals surface area contributed by atoms with Gasteiger partial charge < -0.3 is 10.3 Å². The number of nitrogens with zero attached hydrogens (tertiary/aromatic N) is 2. The van der Waals surface area contributed by atoms with E-state index in [1.165, 1.54) is 36.5 Å². The highest BCUT2D eigenvalue weighted by atomic mass is 15.1. The summed E-state index contributed by atoms with van der Waals surface area (Å²) in [6.07, 6.45) is 5.90. The smallest absolute Gasteiger partial charge is 0.109 e. The third kappa shape index (κ3) is 1.41. The van der Waals surface area contributed by atoms with Crippen LogP contribution in [0, 0.1) is 0 Å². The van der Waals surface area contributed by atoms with Crippen LogP contribution < -0.4 is 5.73 Å².